The highest BCUT2D eigenvalue weighted by Gasteiger charge is 2.37. The molecule has 9 nitrogen and oxygen atoms in total. The first-order valence-electron chi connectivity index (χ1n) is 4.76. The van der Waals surface area contributed by atoms with Crippen molar-refractivity contribution in [3.05, 3.63) is 50.1 Å². The van der Waals surface area contributed by atoms with Crippen LogP contribution in [-0.2, 0) is 11.2 Å². The number of nitro groups is 2. The van der Waals surface area contributed by atoms with Crippen LogP contribution < -0.4 is 0 Å². The summed E-state index contributed by atoms with van der Waals surface area (Å²) in [6.07, 6.45) is -0.0653. The molecule has 0 saturated carbocycles. The topological polar surface area (TPSA) is 127 Å². The van der Waals surface area contributed by atoms with E-state index in [1.807, 2.05) is 0 Å². The number of phenols is 1. The van der Waals surface area contributed by atoms with Crippen LogP contribution >= 0.6 is 0 Å². The average Bonchev–Trinajstić information content (AvgIpc) is 2.30. The predicted molar refractivity (Wildman–Crippen MR) is 57.5 cm³/mol. The van der Waals surface area contributed by atoms with Gasteiger partial charge in [0.05, 0.1) is 0 Å². The van der Waals surface area contributed by atoms with Crippen LogP contribution in [0.5, 0.6) is 5.75 Å². The Morgan fingerprint density at radius 2 is 1.72 bits per heavy atom. The van der Waals surface area contributed by atoms with Crippen LogP contribution in [0.2, 0.25) is 0 Å². The van der Waals surface area contributed by atoms with Crippen molar-refractivity contribution >= 4 is 6.29 Å². The maximum atomic E-state index is 10.7. The molecule has 1 atom stereocenters. The monoisotopic (exact) mass is 255 g/mol. The fourth-order valence-corrected chi connectivity index (χ4v) is 1.36. The molecule has 0 fully saturated rings. The smallest absolute Gasteiger partial charge is 0.223 e. The number of nitrogens with zero attached hydrogens (tertiary/aromatic N) is 3. The van der Waals surface area contributed by atoms with Crippen molar-refractivity contribution in [2.45, 2.75) is 12.5 Å². The fourth-order valence-electron chi connectivity index (χ4n) is 1.36. The first-order valence-corrected chi connectivity index (χ1v) is 4.76. The van der Waals surface area contributed by atoms with Gasteiger partial charge in [0.25, 0.3) is 0 Å². The molecular formula is C9H9N3O6. The summed E-state index contributed by atoms with van der Waals surface area (Å²) in [5.41, 5.74) is 0.457. The number of hydrogen-bond acceptors (Lipinski definition) is 6. The third-order valence-corrected chi connectivity index (χ3v) is 2.17. The largest absolute Gasteiger partial charge is 0.508 e. The SMILES string of the molecule is O=C[C@H](Cc1ccc(O)cc1)N([N+](=O)[O-])[N+](=O)[O-]. The Labute approximate surface area is 100 Å². The lowest BCUT2D eigenvalue weighted by Crippen LogP contribution is -2.46. The summed E-state index contributed by atoms with van der Waals surface area (Å²) in [5.74, 6) is -0.0122. The molecule has 0 spiro atoms. The van der Waals surface area contributed by atoms with E-state index < -0.39 is 16.1 Å². The molecule has 1 N–H and O–H groups in total. The summed E-state index contributed by atoms with van der Waals surface area (Å²) in [6, 6.07) is 3.97. The first-order chi connectivity index (χ1) is 8.45. The van der Waals surface area contributed by atoms with E-state index in [9.17, 15) is 25.0 Å². The molecule has 9 heteroatoms. The Hall–Kier alpha value is -2.71. The van der Waals surface area contributed by atoms with Gasteiger partial charge in [0.15, 0.2) is 11.4 Å². The lowest BCUT2D eigenvalue weighted by molar-refractivity contribution is -0.911. The van der Waals surface area contributed by atoms with E-state index >= 15 is 0 Å². The van der Waals surface area contributed by atoms with Crippen LogP contribution in [0, 0.1) is 20.2 Å². The average molecular weight is 255 g/mol. The maximum absolute atomic E-state index is 10.7. The van der Waals surface area contributed by atoms with Crippen LogP contribution in [0.3, 0.4) is 0 Å². The second-order valence-corrected chi connectivity index (χ2v) is 3.37. The number of benzene rings is 1. The van der Waals surface area contributed by atoms with E-state index in [2.05, 4.69) is 0 Å². The molecule has 0 aliphatic carbocycles. The summed E-state index contributed by atoms with van der Waals surface area (Å²) < 4.78 is 0. The molecule has 1 aromatic rings. The number of aldehydes is 1. The Balaban J connectivity index is 2.89. The molecule has 0 aromatic heterocycles. The van der Waals surface area contributed by atoms with Crippen LogP contribution in [0.15, 0.2) is 24.3 Å². The summed E-state index contributed by atoms with van der Waals surface area (Å²) in [7, 11) is 0. The minimum atomic E-state index is -1.51. The van der Waals surface area contributed by atoms with Crippen molar-refractivity contribution in [3.8, 4) is 5.75 Å². The fraction of sp³-hybridized carbons (Fsp3) is 0.222. The van der Waals surface area contributed by atoms with Crippen molar-refractivity contribution in [1.82, 2.24) is 5.12 Å². The standard InChI is InChI=1S/C9H9N3O6/c13-6-8(10(11(15)16)12(17)18)5-7-1-3-9(14)4-2-7/h1-4,6,8,14H,5H2/t8-/m0/s1. The first kappa shape index (κ1) is 13.4. The predicted octanol–water partition coefficient (Wildman–Crippen LogP) is 0.188. The van der Waals surface area contributed by atoms with Gasteiger partial charge >= 0.3 is 0 Å². The molecule has 0 heterocycles. The third kappa shape index (κ3) is 3.14. The van der Waals surface area contributed by atoms with Gasteiger partial charge in [-0.1, -0.05) is 12.1 Å². The van der Waals surface area contributed by atoms with Gasteiger partial charge in [-0.3, -0.25) is 0 Å². The van der Waals surface area contributed by atoms with Gasteiger partial charge in [-0.05, 0) is 17.7 Å². The zero-order valence-electron chi connectivity index (χ0n) is 9.00. The number of phenolic OH excluding ortho intramolecular Hbond substituents is 1. The van der Waals surface area contributed by atoms with Gasteiger partial charge in [0.1, 0.15) is 5.75 Å². The third-order valence-electron chi connectivity index (χ3n) is 2.17. The Morgan fingerprint density at radius 3 is 2.11 bits per heavy atom. The van der Waals surface area contributed by atoms with Crippen LogP contribution in [0.1, 0.15) is 5.56 Å². The number of carbonyl (C=O) groups is 1. The van der Waals surface area contributed by atoms with Crippen molar-refractivity contribution < 1.29 is 20.0 Å². The van der Waals surface area contributed by atoms with Crippen molar-refractivity contribution in [2.24, 2.45) is 0 Å². The molecule has 0 radical (unpaired) electrons. The summed E-state index contributed by atoms with van der Waals surface area (Å²) >= 11 is 0. The molecule has 1 aromatic carbocycles. The van der Waals surface area contributed by atoms with Crippen molar-refractivity contribution in [1.29, 1.82) is 0 Å². The summed E-state index contributed by atoms with van der Waals surface area (Å²) in [4.78, 5) is 31.7. The lowest BCUT2D eigenvalue weighted by Gasteiger charge is -2.10. The molecule has 18 heavy (non-hydrogen) atoms. The molecule has 0 aliphatic heterocycles. The van der Waals surface area contributed by atoms with Crippen molar-refractivity contribution in [2.75, 3.05) is 0 Å². The summed E-state index contributed by atoms with van der Waals surface area (Å²) in [6.45, 7) is 0. The normalized spacial score (nSPS) is 11.6. The second-order valence-electron chi connectivity index (χ2n) is 3.37. The zero-order chi connectivity index (χ0) is 13.7. The van der Waals surface area contributed by atoms with Gasteiger partial charge in [-0.2, -0.15) is 0 Å². The van der Waals surface area contributed by atoms with Crippen LogP contribution in [-0.4, -0.2) is 32.6 Å². The molecule has 96 valence electrons. The molecule has 1 rings (SSSR count). The number of carbonyl (C=O) groups excluding carboxylic acids is 1. The van der Waals surface area contributed by atoms with Crippen LogP contribution in [0.4, 0.5) is 0 Å². The van der Waals surface area contributed by atoms with E-state index in [-0.39, 0.29) is 23.6 Å². The Morgan fingerprint density at radius 1 is 1.22 bits per heavy atom. The second kappa shape index (κ2) is 5.57. The number of hydrogen-bond donors (Lipinski definition) is 1. The molecule has 0 aliphatic rings. The quantitative estimate of drug-likeness (QED) is 0.436. The van der Waals surface area contributed by atoms with Gasteiger partial charge in [-0.15, -0.1) is 0 Å². The van der Waals surface area contributed by atoms with E-state index in [0.717, 1.165) is 0 Å². The summed E-state index contributed by atoms with van der Waals surface area (Å²) in [5, 5.41) is 27.1. The zero-order valence-corrected chi connectivity index (χ0v) is 9.00. The highest BCUT2D eigenvalue weighted by atomic mass is 16.8. The van der Waals surface area contributed by atoms with E-state index in [0.29, 0.717) is 5.56 Å². The van der Waals surface area contributed by atoms with Crippen molar-refractivity contribution in [3.63, 3.8) is 0 Å². The number of aromatic hydroxyl groups is 1. The van der Waals surface area contributed by atoms with Gasteiger partial charge < -0.3 is 9.90 Å². The van der Waals surface area contributed by atoms with E-state index in [1.54, 1.807) is 0 Å². The molecule has 0 bridgehead atoms. The Bertz CT molecular complexity index is 446. The Kier molecular flexibility index (Phi) is 4.13. The molecule has 0 saturated heterocycles. The van der Waals surface area contributed by atoms with E-state index in [4.69, 9.17) is 5.11 Å². The molecular weight excluding hydrogens is 246 g/mol. The van der Waals surface area contributed by atoms with Gasteiger partial charge in [0.2, 0.25) is 16.1 Å². The number of hydrazine groups is 2. The van der Waals surface area contributed by atoms with Gasteiger partial charge in [0, 0.05) is 6.42 Å². The maximum Gasteiger partial charge on any atom is 0.223 e. The molecule has 0 unspecified atom stereocenters. The van der Waals surface area contributed by atoms with Gasteiger partial charge in [-0.25, -0.2) is 20.2 Å². The highest BCUT2D eigenvalue weighted by molar-refractivity contribution is 5.57. The minimum absolute atomic E-state index is 0.0122. The van der Waals surface area contributed by atoms with Crippen LogP contribution in [0.25, 0.3) is 0 Å². The molecule has 0 amide bonds. The minimum Gasteiger partial charge on any atom is -0.508 e. The number of rotatable bonds is 6. The van der Waals surface area contributed by atoms with E-state index in [1.165, 1.54) is 24.3 Å². The highest BCUT2D eigenvalue weighted by Crippen LogP contribution is 2.13. The lowest BCUT2D eigenvalue weighted by atomic mass is 10.1.